The Bertz CT molecular complexity index is 771. The van der Waals surface area contributed by atoms with E-state index in [1.165, 1.54) is 19.1 Å². The van der Waals surface area contributed by atoms with Crippen molar-refractivity contribution in [3.05, 3.63) is 59.7 Å². The first-order valence-electron chi connectivity index (χ1n) is 8.10. The van der Waals surface area contributed by atoms with E-state index in [0.717, 1.165) is 23.4 Å². The molecule has 2 aromatic rings. The summed E-state index contributed by atoms with van der Waals surface area (Å²) in [4.78, 5) is 13.7. The maximum absolute atomic E-state index is 12.7. The molecule has 25 heavy (non-hydrogen) atoms. The molecule has 0 saturated heterocycles. The first-order valence-corrected chi connectivity index (χ1v) is 8.10. The number of amides is 1. The number of rotatable bonds is 2. The van der Waals surface area contributed by atoms with E-state index in [9.17, 15) is 18.0 Å². The fraction of sp³-hybridized carbons (Fsp3) is 0.316. The predicted molar refractivity (Wildman–Crippen MR) is 91.5 cm³/mol. The SMILES string of the molecule is CC(=O)N1c2ccccc2C(Nc2ccc(C(F)(F)F)cc2)CC1C. The lowest BCUT2D eigenvalue weighted by Crippen LogP contribution is -2.43. The lowest BCUT2D eigenvalue weighted by Gasteiger charge is -2.39. The van der Waals surface area contributed by atoms with E-state index >= 15 is 0 Å². The topological polar surface area (TPSA) is 32.3 Å². The Kier molecular flexibility index (Phi) is 4.45. The zero-order valence-electron chi connectivity index (χ0n) is 14.0. The van der Waals surface area contributed by atoms with Crippen LogP contribution in [0, 0.1) is 0 Å². The molecule has 2 unspecified atom stereocenters. The van der Waals surface area contributed by atoms with Gasteiger partial charge >= 0.3 is 6.18 Å². The lowest BCUT2D eigenvalue weighted by atomic mass is 9.91. The highest BCUT2D eigenvalue weighted by molar-refractivity contribution is 5.93. The minimum absolute atomic E-state index is 0.000603. The smallest absolute Gasteiger partial charge is 0.378 e. The second-order valence-corrected chi connectivity index (χ2v) is 6.30. The highest BCUT2D eigenvalue weighted by Gasteiger charge is 2.33. The molecular weight excluding hydrogens is 329 g/mol. The maximum Gasteiger partial charge on any atom is 0.416 e. The number of alkyl halides is 3. The summed E-state index contributed by atoms with van der Waals surface area (Å²) < 4.78 is 38.1. The quantitative estimate of drug-likeness (QED) is 0.828. The highest BCUT2D eigenvalue weighted by atomic mass is 19.4. The molecule has 3 nitrogen and oxygen atoms in total. The summed E-state index contributed by atoms with van der Waals surface area (Å²) in [5.74, 6) is -0.0204. The highest BCUT2D eigenvalue weighted by Crippen LogP contribution is 2.39. The number of fused-ring (bicyclic) bond motifs is 1. The van der Waals surface area contributed by atoms with E-state index in [4.69, 9.17) is 0 Å². The van der Waals surface area contributed by atoms with Crippen LogP contribution < -0.4 is 10.2 Å². The number of nitrogens with zero attached hydrogens (tertiary/aromatic N) is 1. The molecule has 1 aliphatic heterocycles. The minimum atomic E-state index is -4.34. The standard InChI is InChI=1S/C19H19F3N2O/c1-12-11-17(16-5-3-4-6-18(16)24(12)13(2)25)23-15-9-7-14(8-10-15)19(20,21)22/h3-10,12,17,23H,11H2,1-2H3. The predicted octanol–water partition coefficient (Wildman–Crippen LogP) is 5.00. The molecule has 2 aromatic carbocycles. The first-order chi connectivity index (χ1) is 11.8. The van der Waals surface area contributed by atoms with Crippen LogP contribution in [0.2, 0.25) is 0 Å². The zero-order chi connectivity index (χ0) is 18.2. The molecule has 1 amide bonds. The molecule has 0 spiro atoms. The van der Waals surface area contributed by atoms with E-state index < -0.39 is 11.7 Å². The second-order valence-electron chi connectivity index (χ2n) is 6.30. The van der Waals surface area contributed by atoms with Crippen LogP contribution in [0.5, 0.6) is 0 Å². The van der Waals surface area contributed by atoms with Crippen molar-refractivity contribution in [3.63, 3.8) is 0 Å². The Morgan fingerprint density at radius 2 is 1.76 bits per heavy atom. The third-order valence-corrected chi connectivity index (χ3v) is 4.48. The first kappa shape index (κ1) is 17.3. The lowest BCUT2D eigenvalue weighted by molar-refractivity contribution is -0.137. The number of carbonyl (C=O) groups is 1. The molecule has 0 bridgehead atoms. The number of carbonyl (C=O) groups excluding carboxylic acids is 1. The minimum Gasteiger partial charge on any atom is -0.378 e. The largest absolute Gasteiger partial charge is 0.416 e. The molecule has 0 aliphatic carbocycles. The van der Waals surface area contributed by atoms with E-state index in [-0.39, 0.29) is 18.0 Å². The summed E-state index contributed by atoms with van der Waals surface area (Å²) in [6, 6.07) is 12.6. The number of hydrogen-bond acceptors (Lipinski definition) is 2. The van der Waals surface area contributed by atoms with Gasteiger partial charge in [-0.1, -0.05) is 18.2 Å². The third-order valence-electron chi connectivity index (χ3n) is 4.48. The maximum atomic E-state index is 12.7. The average Bonchev–Trinajstić information content (AvgIpc) is 2.54. The van der Waals surface area contributed by atoms with Gasteiger partial charge in [0, 0.05) is 24.3 Å². The fourth-order valence-corrected chi connectivity index (χ4v) is 3.39. The van der Waals surface area contributed by atoms with Gasteiger partial charge in [0.15, 0.2) is 0 Å². The van der Waals surface area contributed by atoms with Gasteiger partial charge in [-0.25, -0.2) is 0 Å². The molecule has 0 aromatic heterocycles. The summed E-state index contributed by atoms with van der Waals surface area (Å²) in [7, 11) is 0. The fourth-order valence-electron chi connectivity index (χ4n) is 3.39. The van der Waals surface area contributed by atoms with Gasteiger partial charge in [-0.3, -0.25) is 4.79 Å². The molecule has 1 aliphatic rings. The van der Waals surface area contributed by atoms with Crippen LogP contribution in [0.4, 0.5) is 24.5 Å². The van der Waals surface area contributed by atoms with E-state index in [1.54, 1.807) is 4.90 Å². The van der Waals surface area contributed by atoms with Gasteiger partial charge in [-0.15, -0.1) is 0 Å². The van der Waals surface area contributed by atoms with Crippen molar-refractivity contribution in [2.45, 2.75) is 38.5 Å². The summed E-state index contributed by atoms with van der Waals surface area (Å²) >= 11 is 0. The van der Waals surface area contributed by atoms with Gasteiger partial charge in [0.05, 0.1) is 11.6 Å². The Morgan fingerprint density at radius 1 is 1.12 bits per heavy atom. The van der Waals surface area contributed by atoms with Crippen LogP contribution in [0.1, 0.15) is 37.4 Å². The zero-order valence-corrected chi connectivity index (χ0v) is 14.0. The van der Waals surface area contributed by atoms with E-state index in [1.807, 2.05) is 31.2 Å². The van der Waals surface area contributed by atoms with Crippen molar-refractivity contribution in [1.82, 2.24) is 0 Å². The van der Waals surface area contributed by atoms with Gasteiger partial charge in [0.25, 0.3) is 0 Å². The number of para-hydroxylation sites is 1. The third kappa shape index (κ3) is 3.48. The summed E-state index contributed by atoms with van der Waals surface area (Å²) in [5.41, 5.74) is 1.77. The molecular formula is C19H19F3N2O. The molecule has 1 heterocycles. The normalized spacial score (nSPS) is 20.1. The molecule has 0 radical (unpaired) electrons. The molecule has 0 fully saturated rings. The molecule has 1 N–H and O–H groups in total. The van der Waals surface area contributed by atoms with Crippen LogP contribution >= 0.6 is 0 Å². The van der Waals surface area contributed by atoms with Crippen molar-refractivity contribution in [3.8, 4) is 0 Å². The van der Waals surface area contributed by atoms with Gasteiger partial charge in [0.1, 0.15) is 0 Å². The Balaban J connectivity index is 1.88. The van der Waals surface area contributed by atoms with Gasteiger partial charge in [0.2, 0.25) is 5.91 Å². The number of hydrogen-bond donors (Lipinski definition) is 1. The molecule has 3 rings (SSSR count). The van der Waals surface area contributed by atoms with Crippen LogP contribution in [0.15, 0.2) is 48.5 Å². The van der Waals surface area contributed by atoms with Crippen molar-refractivity contribution >= 4 is 17.3 Å². The van der Waals surface area contributed by atoms with Crippen molar-refractivity contribution in [1.29, 1.82) is 0 Å². The Hall–Kier alpha value is -2.50. The van der Waals surface area contributed by atoms with E-state index in [2.05, 4.69) is 5.32 Å². The molecule has 0 saturated carbocycles. The average molecular weight is 348 g/mol. The monoisotopic (exact) mass is 348 g/mol. The number of nitrogens with one attached hydrogen (secondary N) is 1. The van der Waals surface area contributed by atoms with E-state index in [0.29, 0.717) is 12.1 Å². The van der Waals surface area contributed by atoms with Crippen molar-refractivity contribution in [2.24, 2.45) is 0 Å². The Labute approximate surface area is 144 Å². The summed E-state index contributed by atoms with van der Waals surface area (Å²) in [5, 5.41) is 3.30. The Morgan fingerprint density at radius 3 is 2.36 bits per heavy atom. The van der Waals surface area contributed by atoms with Gasteiger partial charge < -0.3 is 10.2 Å². The molecule has 2 atom stereocenters. The van der Waals surface area contributed by atoms with Crippen LogP contribution in [0.25, 0.3) is 0 Å². The summed E-state index contributed by atoms with van der Waals surface area (Å²) in [6.45, 7) is 3.51. The number of anilines is 2. The van der Waals surface area contributed by atoms with Crippen LogP contribution in [-0.4, -0.2) is 11.9 Å². The summed E-state index contributed by atoms with van der Waals surface area (Å²) in [6.07, 6.45) is -3.66. The van der Waals surface area contributed by atoms with Crippen LogP contribution in [0.3, 0.4) is 0 Å². The second kappa shape index (κ2) is 6.43. The number of benzene rings is 2. The molecule has 6 heteroatoms. The number of halogens is 3. The van der Waals surface area contributed by atoms with Gasteiger partial charge in [-0.05, 0) is 49.2 Å². The van der Waals surface area contributed by atoms with Gasteiger partial charge in [-0.2, -0.15) is 13.2 Å². The van der Waals surface area contributed by atoms with Crippen molar-refractivity contribution in [2.75, 3.05) is 10.2 Å². The van der Waals surface area contributed by atoms with Crippen LogP contribution in [-0.2, 0) is 11.0 Å². The van der Waals surface area contributed by atoms with Crippen molar-refractivity contribution < 1.29 is 18.0 Å². The molecule has 132 valence electrons.